The number of carbonyl (C=O) groups excluding carboxylic acids is 2. The highest BCUT2D eigenvalue weighted by Gasteiger charge is 2.17. The van der Waals surface area contributed by atoms with Crippen molar-refractivity contribution in [1.82, 2.24) is 4.90 Å². The van der Waals surface area contributed by atoms with E-state index in [0.717, 1.165) is 6.29 Å². The molecule has 128 valence electrons. The first kappa shape index (κ1) is 19.0. The van der Waals surface area contributed by atoms with Crippen molar-refractivity contribution in [2.75, 3.05) is 26.8 Å². The topological polar surface area (TPSA) is 55.8 Å². The average Bonchev–Trinajstić information content (AvgIpc) is 2.50. The van der Waals surface area contributed by atoms with E-state index in [0.29, 0.717) is 42.0 Å². The van der Waals surface area contributed by atoms with Crippen LogP contribution in [0.4, 0.5) is 0 Å². The highest BCUT2D eigenvalue weighted by molar-refractivity contribution is 5.78. The Morgan fingerprint density at radius 1 is 1.13 bits per heavy atom. The van der Waals surface area contributed by atoms with Gasteiger partial charge in [-0.15, -0.1) is 0 Å². The smallest absolute Gasteiger partial charge is 0.260 e. The molecule has 0 spiro atoms. The summed E-state index contributed by atoms with van der Waals surface area (Å²) in [7, 11) is 1.50. The monoisotopic (exact) mass is 321 g/mol. The molecule has 0 aliphatic rings. The van der Waals surface area contributed by atoms with E-state index in [1.807, 2.05) is 4.90 Å². The third-order valence-corrected chi connectivity index (χ3v) is 3.20. The van der Waals surface area contributed by atoms with Gasteiger partial charge >= 0.3 is 0 Å². The van der Waals surface area contributed by atoms with Crippen LogP contribution in [0.5, 0.6) is 11.5 Å². The zero-order valence-corrected chi connectivity index (χ0v) is 14.7. The first-order valence-electron chi connectivity index (χ1n) is 7.91. The highest BCUT2D eigenvalue weighted by Crippen LogP contribution is 2.27. The van der Waals surface area contributed by atoms with Crippen molar-refractivity contribution < 1.29 is 19.1 Å². The summed E-state index contributed by atoms with van der Waals surface area (Å²) in [6, 6.07) is 4.87. The number of ether oxygens (including phenoxy) is 2. The molecule has 0 radical (unpaired) electrons. The minimum absolute atomic E-state index is 0.0454. The molecule has 5 heteroatoms. The van der Waals surface area contributed by atoms with Gasteiger partial charge in [0.25, 0.3) is 5.91 Å². The van der Waals surface area contributed by atoms with Crippen molar-refractivity contribution in [2.45, 2.75) is 27.7 Å². The molecule has 0 aliphatic heterocycles. The molecule has 0 aromatic heterocycles. The van der Waals surface area contributed by atoms with E-state index in [2.05, 4.69) is 27.7 Å². The predicted molar refractivity (Wildman–Crippen MR) is 90.1 cm³/mol. The predicted octanol–water partition coefficient (Wildman–Crippen LogP) is 3.03. The first-order valence-corrected chi connectivity index (χ1v) is 7.91. The minimum atomic E-state index is -0.0473. The molecule has 1 aromatic rings. The van der Waals surface area contributed by atoms with Crippen molar-refractivity contribution >= 4 is 12.2 Å². The Kier molecular flexibility index (Phi) is 7.59. The van der Waals surface area contributed by atoms with Gasteiger partial charge in [-0.1, -0.05) is 27.7 Å². The summed E-state index contributed by atoms with van der Waals surface area (Å²) in [5.41, 5.74) is 0.502. The van der Waals surface area contributed by atoms with Crippen LogP contribution in [0.15, 0.2) is 18.2 Å². The second-order valence-electron chi connectivity index (χ2n) is 6.40. The lowest BCUT2D eigenvalue weighted by Crippen LogP contribution is -2.39. The molecular formula is C18H27NO4. The highest BCUT2D eigenvalue weighted by atomic mass is 16.5. The fourth-order valence-electron chi connectivity index (χ4n) is 2.27. The molecular weight excluding hydrogens is 294 g/mol. The molecule has 0 atom stereocenters. The number of hydrogen-bond donors (Lipinski definition) is 0. The first-order chi connectivity index (χ1) is 10.9. The second-order valence-corrected chi connectivity index (χ2v) is 6.40. The van der Waals surface area contributed by atoms with Crippen molar-refractivity contribution in [3.8, 4) is 11.5 Å². The van der Waals surface area contributed by atoms with Crippen LogP contribution in [-0.2, 0) is 4.79 Å². The molecule has 5 nitrogen and oxygen atoms in total. The number of aldehydes is 1. The van der Waals surface area contributed by atoms with E-state index in [4.69, 9.17) is 9.47 Å². The van der Waals surface area contributed by atoms with Crippen LogP contribution in [0.2, 0.25) is 0 Å². The number of methoxy groups -OCH3 is 1. The summed E-state index contributed by atoms with van der Waals surface area (Å²) in [6.45, 7) is 9.72. The number of carbonyl (C=O) groups is 2. The Labute approximate surface area is 138 Å². The lowest BCUT2D eigenvalue weighted by molar-refractivity contribution is -0.134. The van der Waals surface area contributed by atoms with Gasteiger partial charge in [0, 0.05) is 18.7 Å². The van der Waals surface area contributed by atoms with Gasteiger partial charge in [-0.05, 0) is 30.0 Å². The minimum Gasteiger partial charge on any atom is -0.493 e. The zero-order chi connectivity index (χ0) is 17.4. The van der Waals surface area contributed by atoms with Crippen LogP contribution in [0.3, 0.4) is 0 Å². The summed E-state index contributed by atoms with van der Waals surface area (Å²) in [5, 5.41) is 0. The van der Waals surface area contributed by atoms with Gasteiger partial charge in [0.1, 0.15) is 6.29 Å². The molecule has 0 bridgehead atoms. The Hall–Kier alpha value is -2.04. The summed E-state index contributed by atoms with van der Waals surface area (Å²) in [5.74, 6) is 1.66. The lowest BCUT2D eigenvalue weighted by Gasteiger charge is -2.26. The van der Waals surface area contributed by atoms with Crippen LogP contribution in [0, 0.1) is 11.8 Å². The maximum Gasteiger partial charge on any atom is 0.260 e. The Morgan fingerprint density at radius 2 is 1.74 bits per heavy atom. The third kappa shape index (κ3) is 6.30. The summed E-state index contributed by atoms with van der Waals surface area (Å²) in [4.78, 5) is 25.0. The molecule has 0 aliphatic carbocycles. The van der Waals surface area contributed by atoms with Crippen LogP contribution in [0.25, 0.3) is 0 Å². The molecule has 1 rings (SSSR count). The van der Waals surface area contributed by atoms with E-state index >= 15 is 0 Å². The van der Waals surface area contributed by atoms with Gasteiger partial charge in [-0.2, -0.15) is 0 Å². The normalized spacial score (nSPS) is 10.7. The van der Waals surface area contributed by atoms with E-state index in [1.54, 1.807) is 18.2 Å². The van der Waals surface area contributed by atoms with Crippen LogP contribution in [-0.4, -0.2) is 43.9 Å². The molecule has 1 amide bonds. The summed E-state index contributed by atoms with van der Waals surface area (Å²) in [6.07, 6.45) is 0.741. The molecule has 0 N–H and O–H groups in total. The molecule has 0 heterocycles. The summed E-state index contributed by atoms with van der Waals surface area (Å²) >= 11 is 0. The zero-order valence-electron chi connectivity index (χ0n) is 14.7. The molecule has 0 saturated heterocycles. The molecule has 0 saturated carbocycles. The van der Waals surface area contributed by atoms with E-state index in [-0.39, 0.29) is 12.5 Å². The maximum atomic E-state index is 12.4. The quantitative estimate of drug-likeness (QED) is 0.656. The number of hydrogen-bond acceptors (Lipinski definition) is 4. The van der Waals surface area contributed by atoms with Crippen molar-refractivity contribution in [1.29, 1.82) is 0 Å². The van der Waals surface area contributed by atoms with Crippen molar-refractivity contribution in [3.05, 3.63) is 23.8 Å². The van der Waals surface area contributed by atoms with Crippen molar-refractivity contribution in [3.63, 3.8) is 0 Å². The fraction of sp³-hybridized carbons (Fsp3) is 0.556. The maximum absolute atomic E-state index is 12.4. The number of benzene rings is 1. The number of rotatable bonds is 9. The van der Waals surface area contributed by atoms with E-state index < -0.39 is 0 Å². The summed E-state index contributed by atoms with van der Waals surface area (Å²) < 4.78 is 10.8. The Balaban J connectivity index is 2.74. The van der Waals surface area contributed by atoms with Crippen LogP contribution in [0.1, 0.15) is 38.1 Å². The van der Waals surface area contributed by atoms with Gasteiger partial charge in [-0.3, -0.25) is 9.59 Å². The fourth-order valence-corrected chi connectivity index (χ4v) is 2.27. The molecule has 23 heavy (non-hydrogen) atoms. The Bertz CT molecular complexity index is 516. The Morgan fingerprint density at radius 3 is 2.22 bits per heavy atom. The largest absolute Gasteiger partial charge is 0.493 e. The van der Waals surface area contributed by atoms with E-state index in [1.165, 1.54) is 7.11 Å². The van der Waals surface area contributed by atoms with Gasteiger partial charge < -0.3 is 14.4 Å². The van der Waals surface area contributed by atoms with Gasteiger partial charge in [0.2, 0.25) is 0 Å². The second kappa shape index (κ2) is 9.18. The van der Waals surface area contributed by atoms with Crippen LogP contribution < -0.4 is 9.47 Å². The average molecular weight is 321 g/mol. The van der Waals surface area contributed by atoms with Crippen LogP contribution >= 0.6 is 0 Å². The van der Waals surface area contributed by atoms with Gasteiger partial charge in [0.05, 0.1) is 7.11 Å². The molecule has 0 fully saturated rings. The number of amides is 1. The number of nitrogens with zero attached hydrogens (tertiary/aromatic N) is 1. The van der Waals surface area contributed by atoms with Gasteiger partial charge in [-0.25, -0.2) is 0 Å². The standard InChI is InChI=1S/C18H27NO4/c1-13(2)9-19(10-14(3)4)18(21)12-23-16-7-6-15(11-20)8-17(16)22-5/h6-8,11,13-14H,9-10,12H2,1-5H3. The molecule has 1 aromatic carbocycles. The lowest BCUT2D eigenvalue weighted by atomic mass is 10.1. The van der Waals surface area contributed by atoms with E-state index in [9.17, 15) is 9.59 Å². The van der Waals surface area contributed by atoms with Gasteiger partial charge in [0.15, 0.2) is 18.1 Å². The molecule has 0 unspecified atom stereocenters. The van der Waals surface area contributed by atoms with Crippen molar-refractivity contribution in [2.24, 2.45) is 11.8 Å². The third-order valence-electron chi connectivity index (χ3n) is 3.20. The SMILES string of the molecule is COc1cc(C=O)ccc1OCC(=O)N(CC(C)C)CC(C)C.